The van der Waals surface area contributed by atoms with Gasteiger partial charge in [0.1, 0.15) is 5.75 Å². The normalized spacial score (nSPS) is 10.8. The van der Waals surface area contributed by atoms with Crippen molar-refractivity contribution in [3.05, 3.63) is 53.7 Å². The Kier molecular flexibility index (Phi) is 5.63. The summed E-state index contributed by atoms with van der Waals surface area (Å²) in [6, 6.07) is 11.0. The molecule has 0 aliphatic carbocycles. The summed E-state index contributed by atoms with van der Waals surface area (Å²) in [5, 5.41) is 5.79. The predicted molar refractivity (Wildman–Crippen MR) is 92.2 cm³/mol. The molecule has 128 valence electrons. The molecular formula is C18H23N3O3. The van der Waals surface area contributed by atoms with Gasteiger partial charge in [0.15, 0.2) is 0 Å². The van der Waals surface area contributed by atoms with E-state index in [0.717, 1.165) is 16.9 Å². The second-order valence-corrected chi connectivity index (χ2v) is 5.80. The highest BCUT2D eigenvalue weighted by Crippen LogP contribution is 2.29. The zero-order chi connectivity index (χ0) is 17.6. The van der Waals surface area contributed by atoms with Crippen LogP contribution in [0.4, 0.5) is 4.79 Å². The number of benzene rings is 1. The van der Waals surface area contributed by atoms with Crippen LogP contribution in [0.15, 0.2) is 42.6 Å². The van der Waals surface area contributed by atoms with Gasteiger partial charge in [-0.3, -0.25) is 0 Å². The van der Waals surface area contributed by atoms with Crippen molar-refractivity contribution in [1.82, 2.24) is 15.6 Å². The third kappa shape index (κ3) is 4.16. The van der Waals surface area contributed by atoms with E-state index in [-0.39, 0.29) is 6.03 Å². The van der Waals surface area contributed by atoms with Crippen LogP contribution in [0.3, 0.4) is 0 Å². The Morgan fingerprint density at radius 1 is 1.12 bits per heavy atom. The van der Waals surface area contributed by atoms with Gasteiger partial charge in [0.25, 0.3) is 0 Å². The van der Waals surface area contributed by atoms with Crippen molar-refractivity contribution in [3.8, 4) is 11.6 Å². The molecule has 2 N–H and O–H groups in total. The van der Waals surface area contributed by atoms with E-state index >= 15 is 0 Å². The number of pyridine rings is 1. The van der Waals surface area contributed by atoms with Gasteiger partial charge in [-0.2, -0.15) is 0 Å². The van der Waals surface area contributed by atoms with Gasteiger partial charge in [-0.25, -0.2) is 9.78 Å². The van der Waals surface area contributed by atoms with Crippen LogP contribution < -0.4 is 20.1 Å². The molecule has 2 aromatic rings. The summed E-state index contributed by atoms with van der Waals surface area (Å²) in [5.41, 5.74) is 1.13. The van der Waals surface area contributed by atoms with E-state index in [9.17, 15) is 4.79 Å². The summed E-state index contributed by atoms with van der Waals surface area (Å²) in [7, 11) is 3.17. The van der Waals surface area contributed by atoms with Crippen LogP contribution in [0.2, 0.25) is 0 Å². The molecule has 0 fully saturated rings. The number of rotatable bonds is 6. The topological polar surface area (TPSA) is 72.5 Å². The third-order valence-corrected chi connectivity index (χ3v) is 3.69. The summed E-state index contributed by atoms with van der Waals surface area (Å²) in [6.45, 7) is 4.18. The largest absolute Gasteiger partial charge is 0.496 e. The molecule has 1 aromatic carbocycles. The maximum atomic E-state index is 12.3. The smallest absolute Gasteiger partial charge is 0.315 e. The number of aromatic nitrogens is 1. The van der Waals surface area contributed by atoms with Gasteiger partial charge in [0.05, 0.1) is 19.8 Å². The van der Waals surface area contributed by atoms with E-state index in [2.05, 4.69) is 15.6 Å². The number of hydrogen-bond acceptors (Lipinski definition) is 4. The standard InChI is InChI=1S/C18H23N3O3/c1-18(2,14-9-5-6-10-15(14)23-3)21-17(22)20-12-13-8-7-11-19-16(13)24-4/h5-11H,12H2,1-4H3,(H2,20,21,22). The fourth-order valence-electron chi connectivity index (χ4n) is 2.47. The van der Waals surface area contributed by atoms with Gasteiger partial charge in [-0.05, 0) is 26.0 Å². The van der Waals surface area contributed by atoms with Crippen LogP contribution in [0.5, 0.6) is 11.6 Å². The lowest BCUT2D eigenvalue weighted by molar-refractivity contribution is 0.228. The number of methoxy groups -OCH3 is 2. The molecule has 6 nitrogen and oxygen atoms in total. The lowest BCUT2D eigenvalue weighted by Gasteiger charge is -2.28. The number of ether oxygens (including phenoxy) is 2. The quantitative estimate of drug-likeness (QED) is 0.855. The zero-order valence-corrected chi connectivity index (χ0v) is 14.4. The summed E-state index contributed by atoms with van der Waals surface area (Å²) in [5.74, 6) is 1.23. The van der Waals surface area contributed by atoms with Gasteiger partial charge in [-0.15, -0.1) is 0 Å². The summed E-state index contributed by atoms with van der Waals surface area (Å²) >= 11 is 0. The average Bonchev–Trinajstić information content (AvgIpc) is 2.59. The maximum absolute atomic E-state index is 12.3. The molecule has 0 aliphatic heterocycles. The van der Waals surface area contributed by atoms with Crippen molar-refractivity contribution in [2.45, 2.75) is 25.9 Å². The number of amides is 2. The van der Waals surface area contributed by atoms with Crippen LogP contribution in [0.25, 0.3) is 0 Å². The molecule has 1 aromatic heterocycles. The molecule has 0 atom stereocenters. The number of para-hydroxylation sites is 1. The monoisotopic (exact) mass is 329 g/mol. The summed E-state index contributed by atoms with van der Waals surface area (Å²) in [4.78, 5) is 16.4. The first kappa shape index (κ1) is 17.6. The number of nitrogens with one attached hydrogen (secondary N) is 2. The second-order valence-electron chi connectivity index (χ2n) is 5.80. The van der Waals surface area contributed by atoms with Crippen LogP contribution in [-0.4, -0.2) is 25.2 Å². The van der Waals surface area contributed by atoms with E-state index in [1.54, 1.807) is 26.5 Å². The first-order valence-electron chi connectivity index (χ1n) is 7.65. The van der Waals surface area contributed by atoms with Gasteiger partial charge in [0, 0.05) is 23.9 Å². The van der Waals surface area contributed by atoms with E-state index < -0.39 is 5.54 Å². The Bertz CT molecular complexity index is 701. The first-order valence-corrected chi connectivity index (χ1v) is 7.65. The van der Waals surface area contributed by atoms with Crippen LogP contribution >= 0.6 is 0 Å². The third-order valence-electron chi connectivity index (χ3n) is 3.69. The Labute approximate surface area is 142 Å². The molecular weight excluding hydrogens is 306 g/mol. The maximum Gasteiger partial charge on any atom is 0.315 e. The Balaban J connectivity index is 2.03. The van der Waals surface area contributed by atoms with Crippen molar-refractivity contribution >= 4 is 6.03 Å². The lowest BCUT2D eigenvalue weighted by atomic mass is 9.93. The minimum Gasteiger partial charge on any atom is -0.496 e. The van der Waals surface area contributed by atoms with E-state index in [1.807, 2.05) is 44.2 Å². The second kappa shape index (κ2) is 7.68. The Morgan fingerprint density at radius 2 is 1.88 bits per heavy atom. The molecule has 2 amide bonds. The molecule has 24 heavy (non-hydrogen) atoms. The zero-order valence-electron chi connectivity index (χ0n) is 14.4. The SMILES string of the molecule is COc1ccccc1C(C)(C)NC(=O)NCc1cccnc1OC. The predicted octanol–water partition coefficient (Wildman–Crippen LogP) is 2.83. The lowest BCUT2D eigenvalue weighted by Crippen LogP contribution is -2.46. The van der Waals surface area contributed by atoms with Crippen molar-refractivity contribution in [3.63, 3.8) is 0 Å². The minimum atomic E-state index is -0.588. The van der Waals surface area contributed by atoms with Crippen molar-refractivity contribution < 1.29 is 14.3 Å². The van der Waals surface area contributed by atoms with Gasteiger partial charge in [0.2, 0.25) is 5.88 Å². The highest BCUT2D eigenvalue weighted by Gasteiger charge is 2.26. The molecule has 0 aliphatic rings. The van der Waals surface area contributed by atoms with Crippen molar-refractivity contribution in [2.75, 3.05) is 14.2 Å². The Morgan fingerprint density at radius 3 is 2.58 bits per heavy atom. The molecule has 0 saturated carbocycles. The molecule has 0 radical (unpaired) electrons. The van der Waals surface area contributed by atoms with Crippen LogP contribution in [0.1, 0.15) is 25.0 Å². The fraction of sp³-hybridized carbons (Fsp3) is 0.333. The minimum absolute atomic E-state index is 0.281. The van der Waals surface area contributed by atoms with E-state index in [0.29, 0.717) is 12.4 Å². The molecule has 6 heteroatoms. The number of carbonyl (C=O) groups excluding carboxylic acids is 1. The fourth-order valence-corrected chi connectivity index (χ4v) is 2.47. The number of carbonyl (C=O) groups is 1. The summed E-state index contributed by atoms with van der Waals surface area (Å²) in [6.07, 6.45) is 1.65. The van der Waals surface area contributed by atoms with Gasteiger partial charge < -0.3 is 20.1 Å². The molecule has 0 saturated heterocycles. The molecule has 0 bridgehead atoms. The van der Waals surface area contributed by atoms with Gasteiger partial charge >= 0.3 is 6.03 Å². The number of nitrogens with zero attached hydrogens (tertiary/aromatic N) is 1. The van der Waals surface area contributed by atoms with Crippen LogP contribution in [0, 0.1) is 0 Å². The highest BCUT2D eigenvalue weighted by molar-refractivity contribution is 5.75. The first-order chi connectivity index (χ1) is 11.5. The van der Waals surface area contributed by atoms with Crippen molar-refractivity contribution in [2.24, 2.45) is 0 Å². The molecule has 2 rings (SSSR count). The number of hydrogen-bond donors (Lipinski definition) is 2. The number of urea groups is 1. The molecule has 1 heterocycles. The average molecular weight is 329 g/mol. The molecule has 0 spiro atoms. The summed E-state index contributed by atoms with van der Waals surface area (Å²) < 4.78 is 10.6. The van der Waals surface area contributed by atoms with E-state index in [1.165, 1.54) is 0 Å². The van der Waals surface area contributed by atoms with Gasteiger partial charge in [-0.1, -0.05) is 24.3 Å². The van der Waals surface area contributed by atoms with E-state index in [4.69, 9.17) is 9.47 Å². The molecule has 0 unspecified atom stereocenters. The highest BCUT2D eigenvalue weighted by atomic mass is 16.5. The van der Waals surface area contributed by atoms with Crippen molar-refractivity contribution in [1.29, 1.82) is 0 Å². The Hall–Kier alpha value is -2.76. The van der Waals surface area contributed by atoms with Crippen LogP contribution in [-0.2, 0) is 12.1 Å².